The fourth-order valence-electron chi connectivity index (χ4n) is 3.29. The highest BCUT2D eigenvalue weighted by molar-refractivity contribution is 5.42. The number of nitrogens with two attached hydrogens (primary N) is 1. The normalized spacial score (nSPS) is 21.0. The third kappa shape index (κ3) is 3.95. The number of nitrogen functional groups attached to an aromatic ring is 1. The molecule has 1 aromatic rings. The van der Waals surface area contributed by atoms with Crippen molar-refractivity contribution in [3.05, 3.63) is 0 Å². The molecule has 116 valence electrons. The zero-order valence-electron chi connectivity index (χ0n) is 12.7. The van der Waals surface area contributed by atoms with Crippen LogP contribution in [0.3, 0.4) is 0 Å². The molecule has 0 amide bonds. The van der Waals surface area contributed by atoms with E-state index in [1.54, 1.807) is 0 Å². The van der Waals surface area contributed by atoms with Gasteiger partial charge in [-0.3, -0.25) is 0 Å². The third-order valence-electron chi connectivity index (χ3n) is 4.47. The Bertz CT molecular complexity index is 449. The van der Waals surface area contributed by atoms with Gasteiger partial charge in [0, 0.05) is 19.1 Å². The first-order valence-corrected chi connectivity index (χ1v) is 8.34. The van der Waals surface area contributed by atoms with E-state index in [0.717, 1.165) is 19.0 Å². The van der Waals surface area contributed by atoms with Gasteiger partial charge in [-0.05, 0) is 25.7 Å². The summed E-state index contributed by atoms with van der Waals surface area (Å²) in [7, 11) is 0. The molecule has 0 atom stereocenters. The maximum atomic E-state index is 5.86. The molecule has 2 fully saturated rings. The van der Waals surface area contributed by atoms with Crippen LogP contribution in [0.15, 0.2) is 0 Å². The molecule has 1 saturated carbocycles. The van der Waals surface area contributed by atoms with E-state index in [1.807, 2.05) is 0 Å². The zero-order chi connectivity index (χ0) is 14.5. The van der Waals surface area contributed by atoms with Crippen molar-refractivity contribution in [1.29, 1.82) is 0 Å². The highest BCUT2D eigenvalue weighted by Crippen LogP contribution is 2.21. The molecule has 6 heteroatoms. The number of hydrogen-bond acceptors (Lipinski definition) is 6. The maximum Gasteiger partial charge on any atom is 0.231 e. The number of rotatable bonds is 3. The molecule has 1 aromatic heterocycles. The van der Waals surface area contributed by atoms with Crippen LogP contribution in [0.1, 0.15) is 57.8 Å². The minimum absolute atomic E-state index is 0.320. The van der Waals surface area contributed by atoms with Gasteiger partial charge >= 0.3 is 0 Å². The summed E-state index contributed by atoms with van der Waals surface area (Å²) in [6, 6.07) is 0.471. The summed E-state index contributed by atoms with van der Waals surface area (Å²) in [5, 5.41) is 3.48. The van der Waals surface area contributed by atoms with Crippen LogP contribution in [0.2, 0.25) is 0 Å². The Morgan fingerprint density at radius 2 is 1.52 bits per heavy atom. The van der Waals surface area contributed by atoms with Crippen LogP contribution in [-0.2, 0) is 0 Å². The lowest BCUT2D eigenvalue weighted by Gasteiger charge is -2.22. The lowest BCUT2D eigenvalue weighted by atomic mass is 9.97. The topological polar surface area (TPSA) is 80.0 Å². The lowest BCUT2D eigenvalue weighted by Crippen LogP contribution is -2.25. The van der Waals surface area contributed by atoms with Crippen LogP contribution in [0.25, 0.3) is 0 Å². The van der Waals surface area contributed by atoms with Crippen LogP contribution in [0, 0.1) is 0 Å². The van der Waals surface area contributed by atoms with Crippen LogP contribution in [0.4, 0.5) is 17.8 Å². The van der Waals surface area contributed by atoms with E-state index >= 15 is 0 Å². The minimum Gasteiger partial charge on any atom is -0.368 e. The Balaban J connectivity index is 1.68. The van der Waals surface area contributed by atoms with Gasteiger partial charge in [0.2, 0.25) is 17.8 Å². The molecule has 2 aliphatic rings. The summed E-state index contributed by atoms with van der Waals surface area (Å²) >= 11 is 0. The second-order valence-corrected chi connectivity index (χ2v) is 6.20. The van der Waals surface area contributed by atoms with E-state index < -0.39 is 0 Å². The first-order chi connectivity index (χ1) is 10.3. The standard InChI is InChI=1S/C15H26N6/c16-13-18-14(17-12-8-4-2-1-3-5-9-12)20-15(19-13)21-10-6-7-11-21/h12H,1-11H2,(H3,16,17,18,19,20). The number of nitrogens with one attached hydrogen (secondary N) is 1. The molecule has 1 aliphatic heterocycles. The average Bonchev–Trinajstić information content (AvgIpc) is 2.95. The molecule has 0 radical (unpaired) electrons. The Morgan fingerprint density at radius 1 is 0.857 bits per heavy atom. The second kappa shape index (κ2) is 6.91. The van der Waals surface area contributed by atoms with Crippen molar-refractivity contribution in [2.45, 2.75) is 63.8 Å². The molecule has 3 rings (SSSR count). The summed E-state index contributed by atoms with van der Waals surface area (Å²) < 4.78 is 0. The fraction of sp³-hybridized carbons (Fsp3) is 0.800. The summed E-state index contributed by atoms with van der Waals surface area (Å²) in [4.78, 5) is 15.3. The molecular formula is C15H26N6. The molecule has 2 heterocycles. The molecular weight excluding hydrogens is 264 g/mol. The van der Waals surface area contributed by atoms with E-state index in [1.165, 1.54) is 57.8 Å². The minimum atomic E-state index is 0.320. The first-order valence-electron chi connectivity index (χ1n) is 8.34. The van der Waals surface area contributed by atoms with Gasteiger partial charge in [0.15, 0.2) is 0 Å². The second-order valence-electron chi connectivity index (χ2n) is 6.20. The molecule has 0 aromatic carbocycles. The molecule has 0 bridgehead atoms. The Labute approximate surface area is 126 Å². The Hall–Kier alpha value is -1.59. The zero-order valence-corrected chi connectivity index (χ0v) is 12.7. The van der Waals surface area contributed by atoms with Crippen molar-refractivity contribution >= 4 is 17.8 Å². The summed E-state index contributed by atoms with van der Waals surface area (Å²) in [6.07, 6.45) is 11.5. The van der Waals surface area contributed by atoms with Gasteiger partial charge in [-0.15, -0.1) is 0 Å². The van der Waals surface area contributed by atoms with Gasteiger partial charge < -0.3 is 16.0 Å². The first kappa shape index (κ1) is 14.4. The van der Waals surface area contributed by atoms with Crippen molar-refractivity contribution < 1.29 is 0 Å². The monoisotopic (exact) mass is 290 g/mol. The molecule has 0 spiro atoms. The van der Waals surface area contributed by atoms with Gasteiger partial charge in [0.25, 0.3) is 0 Å². The van der Waals surface area contributed by atoms with Crippen molar-refractivity contribution in [2.75, 3.05) is 29.0 Å². The van der Waals surface area contributed by atoms with E-state index in [0.29, 0.717) is 17.9 Å². The SMILES string of the molecule is Nc1nc(NC2CCCCCCC2)nc(N2CCCC2)n1. The predicted octanol–water partition coefficient (Wildman–Crippen LogP) is 2.58. The van der Waals surface area contributed by atoms with E-state index in [-0.39, 0.29) is 0 Å². The molecule has 0 unspecified atom stereocenters. The van der Waals surface area contributed by atoms with Crippen LogP contribution in [0.5, 0.6) is 0 Å². The Morgan fingerprint density at radius 3 is 2.24 bits per heavy atom. The summed E-state index contributed by atoms with van der Waals surface area (Å²) in [6.45, 7) is 2.04. The van der Waals surface area contributed by atoms with Crippen molar-refractivity contribution in [3.63, 3.8) is 0 Å². The van der Waals surface area contributed by atoms with Crippen molar-refractivity contribution in [2.24, 2.45) is 0 Å². The van der Waals surface area contributed by atoms with E-state index in [4.69, 9.17) is 5.73 Å². The van der Waals surface area contributed by atoms with Gasteiger partial charge in [-0.25, -0.2) is 0 Å². The predicted molar refractivity (Wildman–Crippen MR) is 85.4 cm³/mol. The lowest BCUT2D eigenvalue weighted by molar-refractivity contribution is 0.470. The van der Waals surface area contributed by atoms with E-state index in [2.05, 4.69) is 25.2 Å². The van der Waals surface area contributed by atoms with Gasteiger partial charge in [0.05, 0.1) is 0 Å². The molecule has 6 nitrogen and oxygen atoms in total. The molecule has 1 aliphatic carbocycles. The molecule has 3 N–H and O–H groups in total. The fourth-order valence-corrected chi connectivity index (χ4v) is 3.29. The van der Waals surface area contributed by atoms with Gasteiger partial charge in [-0.1, -0.05) is 32.1 Å². The number of nitrogens with zero attached hydrogens (tertiary/aromatic N) is 4. The number of hydrogen-bond donors (Lipinski definition) is 2. The third-order valence-corrected chi connectivity index (χ3v) is 4.47. The largest absolute Gasteiger partial charge is 0.368 e. The summed E-state index contributed by atoms with van der Waals surface area (Å²) in [5.41, 5.74) is 5.86. The number of aromatic nitrogens is 3. The highest BCUT2D eigenvalue weighted by Gasteiger charge is 2.18. The maximum absolute atomic E-state index is 5.86. The quantitative estimate of drug-likeness (QED) is 0.890. The van der Waals surface area contributed by atoms with Crippen molar-refractivity contribution in [1.82, 2.24) is 15.0 Å². The summed E-state index contributed by atoms with van der Waals surface area (Å²) in [5.74, 6) is 1.70. The molecule has 21 heavy (non-hydrogen) atoms. The average molecular weight is 290 g/mol. The smallest absolute Gasteiger partial charge is 0.231 e. The highest BCUT2D eigenvalue weighted by atomic mass is 15.3. The van der Waals surface area contributed by atoms with Crippen LogP contribution < -0.4 is 16.0 Å². The van der Waals surface area contributed by atoms with Gasteiger partial charge in [0.1, 0.15) is 0 Å². The Kier molecular flexibility index (Phi) is 4.72. The van der Waals surface area contributed by atoms with E-state index in [9.17, 15) is 0 Å². The van der Waals surface area contributed by atoms with Crippen LogP contribution >= 0.6 is 0 Å². The number of anilines is 3. The molecule has 1 saturated heterocycles. The van der Waals surface area contributed by atoms with Gasteiger partial charge in [-0.2, -0.15) is 15.0 Å². The van der Waals surface area contributed by atoms with Crippen molar-refractivity contribution in [3.8, 4) is 0 Å². The van der Waals surface area contributed by atoms with Crippen LogP contribution in [-0.4, -0.2) is 34.1 Å².